The molecule has 0 aliphatic carbocycles. The van der Waals surface area contributed by atoms with Gasteiger partial charge in [-0.3, -0.25) is 4.99 Å². The standard InChI is InChI=1S/C6H11N/c1-4-5-6(2)7-3/h5H,3-4H2,1-2H3. The Morgan fingerprint density at radius 1 is 1.86 bits per heavy atom. The molecule has 0 N–H and O–H groups in total. The van der Waals surface area contributed by atoms with Crippen molar-refractivity contribution in [3.8, 4) is 0 Å². The van der Waals surface area contributed by atoms with Gasteiger partial charge in [-0.2, -0.15) is 0 Å². The van der Waals surface area contributed by atoms with Crippen molar-refractivity contribution in [3.63, 3.8) is 0 Å². The first-order chi connectivity index (χ1) is 3.31. The van der Waals surface area contributed by atoms with Crippen molar-refractivity contribution in [2.75, 3.05) is 0 Å². The molecule has 1 nitrogen and oxygen atoms in total. The van der Waals surface area contributed by atoms with Crippen molar-refractivity contribution >= 4 is 6.72 Å². The molecular formula is C6H11N. The van der Waals surface area contributed by atoms with E-state index in [-0.39, 0.29) is 0 Å². The highest BCUT2D eigenvalue weighted by atomic mass is 14.7. The molecule has 0 aliphatic rings. The van der Waals surface area contributed by atoms with Crippen molar-refractivity contribution in [2.24, 2.45) is 4.99 Å². The molecular weight excluding hydrogens is 86.1 g/mol. The van der Waals surface area contributed by atoms with Crippen LogP contribution in [0.2, 0.25) is 0 Å². The minimum Gasteiger partial charge on any atom is -0.270 e. The van der Waals surface area contributed by atoms with Gasteiger partial charge in [-0.1, -0.05) is 13.0 Å². The largest absolute Gasteiger partial charge is 0.270 e. The molecule has 0 bridgehead atoms. The minimum atomic E-state index is 1.02. The van der Waals surface area contributed by atoms with E-state index in [9.17, 15) is 0 Å². The SMILES string of the molecule is C=NC(C)=CCC. The summed E-state index contributed by atoms with van der Waals surface area (Å²) in [6, 6.07) is 0. The fraction of sp³-hybridized carbons (Fsp3) is 0.500. The van der Waals surface area contributed by atoms with E-state index in [1.165, 1.54) is 0 Å². The Morgan fingerprint density at radius 3 is 2.57 bits per heavy atom. The van der Waals surface area contributed by atoms with Gasteiger partial charge in [-0.15, -0.1) is 0 Å². The van der Waals surface area contributed by atoms with Crippen LogP contribution in [-0.4, -0.2) is 6.72 Å². The average molecular weight is 97.2 g/mol. The summed E-state index contributed by atoms with van der Waals surface area (Å²) in [4.78, 5) is 3.69. The van der Waals surface area contributed by atoms with Crippen LogP contribution in [0, 0.1) is 0 Å². The molecule has 0 unspecified atom stereocenters. The lowest BCUT2D eigenvalue weighted by Crippen LogP contribution is -1.63. The molecule has 0 aromatic heterocycles. The number of hydrogen-bond acceptors (Lipinski definition) is 1. The molecule has 0 saturated carbocycles. The number of hydrogen-bond donors (Lipinski definition) is 0. The molecule has 0 atom stereocenters. The van der Waals surface area contributed by atoms with Gasteiger partial charge in [0.25, 0.3) is 0 Å². The molecule has 0 aliphatic heterocycles. The fourth-order valence-electron chi connectivity index (χ4n) is 0.360. The van der Waals surface area contributed by atoms with Crippen molar-refractivity contribution in [3.05, 3.63) is 11.8 Å². The highest BCUT2D eigenvalue weighted by Crippen LogP contribution is 1.92. The van der Waals surface area contributed by atoms with Gasteiger partial charge in [-0.25, -0.2) is 0 Å². The van der Waals surface area contributed by atoms with Gasteiger partial charge >= 0.3 is 0 Å². The Hall–Kier alpha value is -0.590. The molecule has 0 aromatic carbocycles. The topological polar surface area (TPSA) is 12.4 Å². The summed E-state index contributed by atoms with van der Waals surface area (Å²) in [5.74, 6) is 0. The number of aliphatic imine (C=N–C) groups is 1. The molecule has 0 amide bonds. The van der Waals surface area contributed by atoms with Crippen LogP contribution in [0.25, 0.3) is 0 Å². The van der Waals surface area contributed by atoms with Crippen LogP contribution in [0.1, 0.15) is 20.3 Å². The molecule has 0 rings (SSSR count). The normalized spacial score (nSPS) is 11.4. The van der Waals surface area contributed by atoms with E-state index in [1.807, 2.05) is 13.0 Å². The first-order valence-electron chi connectivity index (χ1n) is 2.44. The summed E-state index contributed by atoms with van der Waals surface area (Å²) < 4.78 is 0. The summed E-state index contributed by atoms with van der Waals surface area (Å²) in [7, 11) is 0. The number of allylic oxidation sites excluding steroid dienone is 2. The number of nitrogens with zero attached hydrogens (tertiary/aromatic N) is 1. The predicted octanol–water partition coefficient (Wildman–Crippen LogP) is 2.00. The van der Waals surface area contributed by atoms with Gasteiger partial charge in [0.1, 0.15) is 0 Å². The quantitative estimate of drug-likeness (QED) is 0.467. The summed E-state index contributed by atoms with van der Waals surface area (Å²) in [5.41, 5.74) is 1.02. The van der Waals surface area contributed by atoms with E-state index in [0.717, 1.165) is 12.1 Å². The van der Waals surface area contributed by atoms with E-state index in [4.69, 9.17) is 0 Å². The third-order valence-electron chi connectivity index (χ3n) is 0.749. The Kier molecular flexibility index (Phi) is 3.29. The molecule has 0 heterocycles. The molecule has 1 heteroatoms. The highest BCUT2D eigenvalue weighted by molar-refractivity contribution is 5.28. The summed E-state index contributed by atoms with van der Waals surface area (Å²) in [6.07, 6.45) is 3.08. The fourth-order valence-corrected chi connectivity index (χ4v) is 0.360. The predicted molar refractivity (Wildman–Crippen MR) is 33.6 cm³/mol. The molecule has 40 valence electrons. The van der Waals surface area contributed by atoms with Crippen molar-refractivity contribution in [2.45, 2.75) is 20.3 Å². The molecule has 0 spiro atoms. The zero-order valence-corrected chi connectivity index (χ0v) is 4.94. The van der Waals surface area contributed by atoms with E-state index >= 15 is 0 Å². The maximum atomic E-state index is 3.69. The van der Waals surface area contributed by atoms with Gasteiger partial charge < -0.3 is 0 Å². The summed E-state index contributed by atoms with van der Waals surface area (Å²) in [6.45, 7) is 7.38. The lowest BCUT2D eigenvalue weighted by molar-refractivity contribution is 1.16. The molecule has 7 heavy (non-hydrogen) atoms. The molecule has 0 radical (unpaired) electrons. The van der Waals surface area contributed by atoms with E-state index < -0.39 is 0 Å². The van der Waals surface area contributed by atoms with Gasteiger partial charge in [-0.05, 0) is 20.1 Å². The Morgan fingerprint density at radius 2 is 2.43 bits per heavy atom. The first kappa shape index (κ1) is 6.41. The van der Waals surface area contributed by atoms with E-state index in [2.05, 4.69) is 18.6 Å². The molecule has 0 aromatic rings. The minimum absolute atomic E-state index is 1.02. The third-order valence-corrected chi connectivity index (χ3v) is 0.749. The van der Waals surface area contributed by atoms with Gasteiger partial charge in [0.05, 0.1) is 0 Å². The lowest BCUT2D eigenvalue weighted by atomic mass is 10.4. The van der Waals surface area contributed by atoms with Gasteiger partial charge in [0.15, 0.2) is 0 Å². The second-order valence-electron chi connectivity index (χ2n) is 1.41. The van der Waals surface area contributed by atoms with Crippen LogP contribution >= 0.6 is 0 Å². The van der Waals surface area contributed by atoms with Crippen LogP contribution in [-0.2, 0) is 0 Å². The maximum absolute atomic E-state index is 3.69. The van der Waals surface area contributed by atoms with Crippen LogP contribution in [0.4, 0.5) is 0 Å². The molecule has 0 saturated heterocycles. The van der Waals surface area contributed by atoms with E-state index in [0.29, 0.717) is 0 Å². The lowest BCUT2D eigenvalue weighted by Gasteiger charge is -1.83. The second kappa shape index (κ2) is 3.59. The van der Waals surface area contributed by atoms with Crippen LogP contribution in [0.3, 0.4) is 0 Å². The Labute approximate surface area is 44.8 Å². The monoisotopic (exact) mass is 97.1 g/mol. The van der Waals surface area contributed by atoms with Gasteiger partial charge in [0.2, 0.25) is 0 Å². The zero-order chi connectivity index (χ0) is 5.70. The average Bonchev–Trinajstić information content (AvgIpc) is 1.68. The highest BCUT2D eigenvalue weighted by Gasteiger charge is 1.72. The van der Waals surface area contributed by atoms with Crippen LogP contribution in [0.15, 0.2) is 16.8 Å². The van der Waals surface area contributed by atoms with Crippen LogP contribution in [0.5, 0.6) is 0 Å². The smallest absolute Gasteiger partial charge is 0.0325 e. The summed E-state index contributed by atoms with van der Waals surface area (Å²) in [5, 5.41) is 0. The Bertz CT molecular complexity index is 82.2. The van der Waals surface area contributed by atoms with Crippen molar-refractivity contribution in [1.82, 2.24) is 0 Å². The number of rotatable bonds is 2. The Balaban J connectivity index is 3.49. The zero-order valence-electron chi connectivity index (χ0n) is 4.94. The van der Waals surface area contributed by atoms with E-state index in [1.54, 1.807) is 0 Å². The van der Waals surface area contributed by atoms with Crippen LogP contribution < -0.4 is 0 Å². The summed E-state index contributed by atoms with van der Waals surface area (Å²) >= 11 is 0. The van der Waals surface area contributed by atoms with Crippen molar-refractivity contribution in [1.29, 1.82) is 0 Å². The van der Waals surface area contributed by atoms with Gasteiger partial charge in [0, 0.05) is 5.70 Å². The third kappa shape index (κ3) is 3.23. The van der Waals surface area contributed by atoms with Crippen molar-refractivity contribution < 1.29 is 0 Å². The maximum Gasteiger partial charge on any atom is 0.0325 e. The second-order valence-corrected chi connectivity index (χ2v) is 1.41. The molecule has 0 fully saturated rings. The first-order valence-corrected chi connectivity index (χ1v) is 2.44.